The van der Waals surface area contributed by atoms with Gasteiger partial charge in [-0.05, 0) is 42.1 Å². The summed E-state index contributed by atoms with van der Waals surface area (Å²) in [6.07, 6.45) is 3.82. The van der Waals surface area contributed by atoms with E-state index < -0.39 is 0 Å². The molecule has 0 amide bonds. The van der Waals surface area contributed by atoms with E-state index in [0.29, 0.717) is 6.04 Å². The monoisotopic (exact) mass is 303 g/mol. The van der Waals surface area contributed by atoms with E-state index in [9.17, 15) is 0 Å². The van der Waals surface area contributed by atoms with Crippen molar-refractivity contribution < 1.29 is 0 Å². The third kappa shape index (κ3) is 2.74. The maximum Gasteiger partial charge on any atom is 0.0734 e. The van der Waals surface area contributed by atoms with Crippen molar-refractivity contribution in [2.45, 2.75) is 24.9 Å². The Morgan fingerprint density at radius 3 is 2.74 bits per heavy atom. The highest BCUT2D eigenvalue weighted by Gasteiger charge is 2.27. The van der Waals surface area contributed by atoms with E-state index in [2.05, 4.69) is 58.8 Å². The Morgan fingerprint density at radius 1 is 1.00 bits per heavy atom. The molecule has 4 rings (SSSR count). The van der Waals surface area contributed by atoms with Gasteiger partial charge in [0.1, 0.15) is 0 Å². The van der Waals surface area contributed by atoms with Crippen LogP contribution in [0.15, 0.2) is 60.8 Å². The zero-order valence-electron chi connectivity index (χ0n) is 13.1. The molecular formula is C20H21N3. The predicted molar refractivity (Wildman–Crippen MR) is 94.2 cm³/mol. The van der Waals surface area contributed by atoms with Crippen molar-refractivity contribution in [3.63, 3.8) is 0 Å². The largest absolute Gasteiger partial charge is 0.324 e. The van der Waals surface area contributed by atoms with E-state index in [4.69, 9.17) is 5.73 Å². The minimum Gasteiger partial charge on any atom is -0.324 e. The number of fused-ring (bicyclic) bond motifs is 2. The van der Waals surface area contributed by atoms with Crippen molar-refractivity contribution >= 4 is 10.9 Å². The molecule has 1 aliphatic carbocycles. The third-order valence-electron chi connectivity index (χ3n) is 4.76. The molecule has 0 fully saturated rings. The predicted octanol–water partition coefficient (Wildman–Crippen LogP) is 3.51. The summed E-state index contributed by atoms with van der Waals surface area (Å²) in [5.74, 6) is 0. The maximum atomic E-state index is 6.24. The molecule has 1 heterocycles. The fourth-order valence-electron chi connectivity index (χ4n) is 3.62. The average Bonchev–Trinajstić information content (AvgIpc) is 2.92. The highest BCUT2D eigenvalue weighted by atomic mass is 14.9. The summed E-state index contributed by atoms with van der Waals surface area (Å²) in [4.78, 5) is 4.53. The van der Waals surface area contributed by atoms with Crippen LogP contribution in [-0.2, 0) is 6.42 Å². The van der Waals surface area contributed by atoms with Crippen molar-refractivity contribution in [1.29, 1.82) is 0 Å². The molecule has 3 nitrogen and oxygen atoms in total. The molecule has 0 saturated carbocycles. The lowest BCUT2D eigenvalue weighted by Crippen LogP contribution is -2.22. The second kappa shape index (κ2) is 6.11. The number of hydrogen-bond acceptors (Lipinski definition) is 3. The number of aromatic nitrogens is 1. The Kier molecular flexibility index (Phi) is 3.82. The molecule has 0 bridgehead atoms. The van der Waals surface area contributed by atoms with Gasteiger partial charge in [0.25, 0.3) is 0 Å². The fraction of sp³-hybridized carbons (Fsp3) is 0.250. The number of hydrogen-bond donors (Lipinski definition) is 2. The van der Waals surface area contributed by atoms with Crippen LogP contribution in [0.5, 0.6) is 0 Å². The molecule has 116 valence electrons. The molecule has 3 N–H and O–H groups in total. The zero-order valence-corrected chi connectivity index (χ0v) is 13.1. The molecule has 2 atom stereocenters. The summed E-state index contributed by atoms with van der Waals surface area (Å²) in [6.45, 7) is 0.932. The number of pyridine rings is 1. The van der Waals surface area contributed by atoms with Crippen LogP contribution in [0.25, 0.3) is 10.9 Å². The van der Waals surface area contributed by atoms with E-state index in [1.807, 2.05) is 12.3 Å². The van der Waals surface area contributed by atoms with Crippen LogP contribution in [0.4, 0.5) is 0 Å². The first-order valence-corrected chi connectivity index (χ1v) is 8.23. The van der Waals surface area contributed by atoms with Gasteiger partial charge in [0.05, 0.1) is 5.52 Å². The van der Waals surface area contributed by atoms with Crippen molar-refractivity contribution in [2.75, 3.05) is 6.54 Å². The highest BCUT2D eigenvalue weighted by Crippen LogP contribution is 2.36. The van der Waals surface area contributed by atoms with E-state index in [1.165, 1.54) is 22.1 Å². The second-order valence-electron chi connectivity index (χ2n) is 6.22. The van der Waals surface area contributed by atoms with Crippen molar-refractivity contribution in [2.24, 2.45) is 5.73 Å². The summed E-state index contributed by atoms with van der Waals surface area (Å²) in [7, 11) is 0. The van der Waals surface area contributed by atoms with Crippen LogP contribution in [0.1, 0.15) is 35.2 Å². The average molecular weight is 303 g/mol. The van der Waals surface area contributed by atoms with E-state index in [-0.39, 0.29) is 6.04 Å². The van der Waals surface area contributed by atoms with E-state index >= 15 is 0 Å². The zero-order chi connectivity index (χ0) is 15.6. The lowest BCUT2D eigenvalue weighted by molar-refractivity contribution is 0.502. The molecule has 0 saturated heterocycles. The standard InChI is InChI=1S/C20H21N3/c21-18-13-19(17-9-2-1-8-16(17)18)22-12-10-15-6-3-5-14-7-4-11-23-20(14)15/h1-9,11,18-19,22H,10,12-13,21H2. The molecule has 3 aromatic rings. The first-order valence-electron chi connectivity index (χ1n) is 8.23. The van der Waals surface area contributed by atoms with Crippen LogP contribution in [0, 0.1) is 0 Å². The molecular weight excluding hydrogens is 282 g/mol. The Bertz CT molecular complexity index is 822. The summed E-state index contributed by atoms with van der Waals surface area (Å²) >= 11 is 0. The molecule has 1 aliphatic rings. The fourth-order valence-corrected chi connectivity index (χ4v) is 3.62. The molecule has 2 aromatic carbocycles. The Morgan fingerprint density at radius 2 is 1.83 bits per heavy atom. The Balaban J connectivity index is 1.46. The van der Waals surface area contributed by atoms with Crippen LogP contribution in [0.2, 0.25) is 0 Å². The third-order valence-corrected chi connectivity index (χ3v) is 4.76. The first-order chi connectivity index (χ1) is 11.3. The number of nitrogens with zero attached hydrogens (tertiary/aromatic N) is 1. The second-order valence-corrected chi connectivity index (χ2v) is 6.22. The normalized spacial score (nSPS) is 19.9. The minimum atomic E-state index is 0.155. The van der Waals surface area contributed by atoms with Crippen molar-refractivity contribution in [1.82, 2.24) is 10.3 Å². The van der Waals surface area contributed by atoms with Gasteiger partial charge in [-0.1, -0.05) is 48.5 Å². The van der Waals surface area contributed by atoms with Crippen molar-refractivity contribution in [3.05, 3.63) is 77.5 Å². The Hall–Kier alpha value is -2.23. The summed E-state index contributed by atoms with van der Waals surface area (Å²) in [5.41, 5.74) is 11.3. The van der Waals surface area contributed by atoms with Crippen molar-refractivity contribution in [3.8, 4) is 0 Å². The molecule has 0 aliphatic heterocycles. The molecule has 3 heteroatoms. The van der Waals surface area contributed by atoms with E-state index in [1.54, 1.807) is 0 Å². The summed E-state index contributed by atoms with van der Waals surface area (Å²) in [6, 6.07) is 19.5. The smallest absolute Gasteiger partial charge is 0.0734 e. The Labute approximate surface area is 136 Å². The van der Waals surface area contributed by atoms with Gasteiger partial charge in [0, 0.05) is 23.7 Å². The van der Waals surface area contributed by atoms with Crippen LogP contribution in [-0.4, -0.2) is 11.5 Å². The summed E-state index contributed by atoms with van der Waals surface area (Å²) < 4.78 is 0. The lowest BCUT2D eigenvalue weighted by Gasteiger charge is -2.14. The van der Waals surface area contributed by atoms with Crippen LogP contribution < -0.4 is 11.1 Å². The van der Waals surface area contributed by atoms with Gasteiger partial charge < -0.3 is 11.1 Å². The van der Waals surface area contributed by atoms with Gasteiger partial charge in [-0.3, -0.25) is 4.98 Å². The number of benzene rings is 2. The van der Waals surface area contributed by atoms with Gasteiger partial charge in [-0.15, -0.1) is 0 Å². The lowest BCUT2D eigenvalue weighted by atomic mass is 10.1. The minimum absolute atomic E-state index is 0.155. The molecule has 0 spiro atoms. The van der Waals surface area contributed by atoms with E-state index in [0.717, 1.165) is 24.9 Å². The van der Waals surface area contributed by atoms with Crippen LogP contribution in [0.3, 0.4) is 0 Å². The van der Waals surface area contributed by atoms with Gasteiger partial charge in [-0.25, -0.2) is 0 Å². The first kappa shape index (κ1) is 14.4. The van der Waals surface area contributed by atoms with Gasteiger partial charge >= 0.3 is 0 Å². The van der Waals surface area contributed by atoms with Gasteiger partial charge in [0.2, 0.25) is 0 Å². The van der Waals surface area contributed by atoms with Gasteiger partial charge in [-0.2, -0.15) is 0 Å². The molecule has 23 heavy (non-hydrogen) atoms. The molecule has 0 radical (unpaired) electrons. The quantitative estimate of drug-likeness (QED) is 0.775. The number of nitrogens with one attached hydrogen (secondary N) is 1. The summed E-state index contributed by atoms with van der Waals surface area (Å²) in [5, 5.41) is 4.88. The molecule has 2 unspecified atom stereocenters. The highest BCUT2D eigenvalue weighted by molar-refractivity contribution is 5.81. The SMILES string of the molecule is NC1CC(NCCc2cccc3cccnc23)c2ccccc21. The number of para-hydroxylation sites is 1. The van der Waals surface area contributed by atoms with Crippen LogP contribution >= 0.6 is 0 Å². The molecule has 1 aromatic heterocycles. The number of rotatable bonds is 4. The maximum absolute atomic E-state index is 6.24. The number of nitrogens with two attached hydrogens (primary N) is 1. The van der Waals surface area contributed by atoms with Gasteiger partial charge in [0.15, 0.2) is 0 Å². The topological polar surface area (TPSA) is 50.9 Å².